The minimum atomic E-state index is -0.693. The smallest absolute Gasteiger partial charge is 0.373 e. The molecule has 0 bridgehead atoms. The van der Waals surface area contributed by atoms with Crippen LogP contribution in [-0.4, -0.2) is 49.5 Å². The molecule has 38 heavy (non-hydrogen) atoms. The standard InChI is InChI=1S/C26H22FN3O8/c1-35-20-5-3-4-15(23(20)37-14-22(31)28-17-8-6-16(27)7-9-17)12-19-24(32)30(26(34)29-19)13-18-10-11-21(38-18)25(33)36-2/h3-12H,13-14H2,1-2H3,(H,28,31)(H,29,34)/b19-12+. The Labute approximate surface area is 215 Å². The maximum Gasteiger partial charge on any atom is 0.373 e. The van der Waals surface area contributed by atoms with E-state index < -0.39 is 36.2 Å². The van der Waals surface area contributed by atoms with Gasteiger partial charge in [-0.25, -0.2) is 14.0 Å². The number of para-hydroxylation sites is 1. The molecule has 2 heterocycles. The minimum Gasteiger partial charge on any atom is -0.493 e. The van der Waals surface area contributed by atoms with Crippen LogP contribution >= 0.6 is 0 Å². The third kappa shape index (κ3) is 5.81. The van der Waals surface area contributed by atoms with Gasteiger partial charge in [0.25, 0.3) is 11.8 Å². The fraction of sp³-hybridized carbons (Fsp3) is 0.154. The summed E-state index contributed by atoms with van der Waals surface area (Å²) < 4.78 is 34.0. The zero-order chi connectivity index (χ0) is 27.2. The number of esters is 1. The molecular weight excluding hydrogens is 501 g/mol. The summed E-state index contributed by atoms with van der Waals surface area (Å²) in [4.78, 5) is 50.3. The number of benzene rings is 2. The molecule has 12 heteroatoms. The monoisotopic (exact) mass is 523 g/mol. The molecule has 11 nitrogen and oxygen atoms in total. The van der Waals surface area contributed by atoms with Gasteiger partial charge in [-0.15, -0.1) is 0 Å². The number of hydrogen-bond acceptors (Lipinski definition) is 8. The third-order valence-corrected chi connectivity index (χ3v) is 5.33. The predicted molar refractivity (Wildman–Crippen MR) is 131 cm³/mol. The highest BCUT2D eigenvalue weighted by molar-refractivity contribution is 6.14. The van der Waals surface area contributed by atoms with Crippen molar-refractivity contribution in [3.63, 3.8) is 0 Å². The van der Waals surface area contributed by atoms with Crippen molar-refractivity contribution < 1.29 is 42.2 Å². The molecular formula is C26H22FN3O8. The van der Waals surface area contributed by atoms with Gasteiger partial charge in [0.05, 0.1) is 20.8 Å². The van der Waals surface area contributed by atoms with Crippen LogP contribution in [0.15, 0.2) is 64.7 Å². The van der Waals surface area contributed by atoms with Gasteiger partial charge < -0.3 is 29.3 Å². The van der Waals surface area contributed by atoms with Crippen LogP contribution in [0.5, 0.6) is 11.5 Å². The van der Waals surface area contributed by atoms with E-state index >= 15 is 0 Å². The van der Waals surface area contributed by atoms with Crippen molar-refractivity contribution in [2.45, 2.75) is 6.54 Å². The third-order valence-electron chi connectivity index (χ3n) is 5.33. The SMILES string of the molecule is COC(=O)c1ccc(CN2C(=O)N/C(=C/c3cccc(OC)c3OCC(=O)Nc3ccc(F)cc3)C2=O)o1. The molecule has 196 valence electrons. The van der Waals surface area contributed by atoms with E-state index in [0.717, 1.165) is 4.90 Å². The normalized spacial score (nSPS) is 13.9. The molecule has 2 aromatic carbocycles. The lowest BCUT2D eigenvalue weighted by molar-refractivity contribution is -0.123. The molecule has 0 radical (unpaired) electrons. The van der Waals surface area contributed by atoms with Crippen molar-refractivity contribution in [2.24, 2.45) is 0 Å². The zero-order valence-corrected chi connectivity index (χ0v) is 20.3. The van der Waals surface area contributed by atoms with Gasteiger partial charge in [0.2, 0.25) is 5.76 Å². The maximum atomic E-state index is 13.1. The largest absolute Gasteiger partial charge is 0.493 e. The first-order valence-electron chi connectivity index (χ1n) is 11.2. The number of furan rings is 1. The van der Waals surface area contributed by atoms with Crippen LogP contribution in [0.2, 0.25) is 0 Å². The molecule has 0 atom stereocenters. The highest BCUT2D eigenvalue weighted by Gasteiger charge is 2.34. The van der Waals surface area contributed by atoms with Crippen molar-refractivity contribution >= 4 is 35.6 Å². The first-order valence-corrected chi connectivity index (χ1v) is 11.2. The fourth-order valence-corrected chi connectivity index (χ4v) is 3.53. The second-order valence-corrected chi connectivity index (χ2v) is 7.86. The van der Waals surface area contributed by atoms with E-state index in [1.54, 1.807) is 18.2 Å². The molecule has 4 rings (SSSR count). The number of ether oxygens (including phenoxy) is 3. The number of methoxy groups -OCH3 is 2. The number of hydrogen-bond donors (Lipinski definition) is 2. The highest BCUT2D eigenvalue weighted by atomic mass is 19.1. The molecule has 0 unspecified atom stereocenters. The molecule has 4 amide bonds. The second-order valence-electron chi connectivity index (χ2n) is 7.86. The van der Waals surface area contributed by atoms with E-state index in [0.29, 0.717) is 11.3 Å². The van der Waals surface area contributed by atoms with Gasteiger partial charge in [-0.2, -0.15) is 0 Å². The number of urea groups is 1. The number of carbonyl (C=O) groups is 4. The van der Waals surface area contributed by atoms with Gasteiger partial charge >= 0.3 is 12.0 Å². The molecule has 1 fully saturated rings. The van der Waals surface area contributed by atoms with E-state index in [-0.39, 0.29) is 35.3 Å². The van der Waals surface area contributed by atoms with Gasteiger partial charge in [-0.3, -0.25) is 14.5 Å². The van der Waals surface area contributed by atoms with Crippen molar-refractivity contribution in [2.75, 3.05) is 26.1 Å². The highest BCUT2D eigenvalue weighted by Crippen LogP contribution is 2.33. The van der Waals surface area contributed by atoms with Gasteiger partial charge in [0.1, 0.15) is 17.3 Å². The van der Waals surface area contributed by atoms with E-state index in [1.165, 1.54) is 56.7 Å². The topological polar surface area (TPSA) is 136 Å². The van der Waals surface area contributed by atoms with E-state index in [2.05, 4.69) is 15.4 Å². The number of anilines is 1. The van der Waals surface area contributed by atoms with E-state index in [1.807, 2.05) is 0 Å². The molecule has 1 aromatic heterocycles. The minimum absolute atomic E-state index is 0.0522. The van der Waals surface area contributed by atoms with Crippen LogP contribution < -0.4 is 20.1 Å². The Kier molecular flexibility index (Phi) is 7.71. The Hall–Kier alpha value is -5.13. The van der Waals surface area contributed by atoms with E-state index in [4.69, 9.17) is 13.9 Å². The summed E-state index contributed by atoms with van der Waals surface area (Å²) in [6.07, 6.45) is 1.39. The molecule has 1 saturated heterocycles. The number of nitrogens with zero attached hydrogens (tertiary/aromatic N) is 1. The fourth-order valence-electron chi connectivity index (χ4n) is 3.53. The Bertz CT molecular complexity index is 1410. The summed E-state index contributed by atoms with van der Waals surface area (Å²) in [6.45, 7) is -0.634. The summed E-state index contributed by atoms with van der Waals surface area (Å²) in [5, 5.41) is 5.07. The van der Waals surface area contributed by atoms with Crippen molar-refractivity contribution in [3.8, 4) is 11.5 Å². The number of imide groups is 1. The van der Waals surface area contributed by atoms with Crippen LogP contribution in [0.25, 0.3) is 6.08 Å². The first kappa shape index (κ1) is 25.9. The Morgan fingerprint density at radius 2 is 1.84 bits per heavy atom. The van der Waals surface area contributed by atoms with E-state index in [9.17, 15) is 23.6 Å². The Morgan fingerprint density at radius 3 is 2.55 bits per heavy atom. The maximum absolute atomic E-state index is 13.1. The Balaban J connectivity index is 1.49. The molecule has 0 aliphatic carbocycles. The average Bonchev–Trinajstić information content (AvgIpc) is 3.49. The van der Waals surface area contributed by atoms with Gasteiger partial charge in [-0.05, 0) is 48.5 Å². The van der Waals surface area contributed by atoms with Crippen molar-refractivity contribution in [3.05, 3.63) is 83.2 Å². The summed E-state index contributed by atoms with van der Waals surface area (Å²) in [5.74, 6) is -1.70. The summed E-state index contributed by atoms with van der Waals surface area (Å²) in [6, 6.07) is 12.2. The van der Waals surface area contributed by atoms with Crippen molar-refractivity contribution in [1.82, 2.24) is 10.2 Å². The number of carbonyl (C=O) groups excluding carboxylic acids is 4. The quantitative estimate of drug-likeness (QED) is 0.248. The van der Waals surface area contributed by atoms with Crippen LogP contribution in [-0.2, 0) is 20.9 Å². The second kappa shape index (κ2) is 11.3. The zero-order valence-electron chi connectivity index (χ0n) is 20.3. The van der Waals surface area contributed by atoms with Crippen LogP contribution in [0, 0.1) is 5.82 Å². The molecule has 0 saturated carbocycles. The summed E-state index contributed by atoms with van der Waals surface area (Å²) in [7, 11) is 2.61. The van der Waals surface area contributed by atoms with Gasteiger partial charge in [-0.1, -0.05) is 12.1 Å². The molecule has 2 N–H and O–H groups in total. The molecule has 1 aliphatic heterocycles. The van der Waals surface area contributed by atoms with Crippen LogP contribution in [0.1, 0.15) is 21.9 Å². The lowest BCUT2D eigenvalue weighted by atomic mass is 10.1. The first-order chi connectivity index (χ1) is 18.3. The average molecular weight is 523 g/mol. The lowest BCUT2D eigenvalue weighted by Gasteiger charge is -2.14. The van der Waals surface area contributed by atoms with Gasteiger partial charge in [0, 0.05) is 11.3 Å². The predicted octanol–water partition coefficient (Wildman–Crippen LogP) is 3.32. The number of amides is 4. The number of halogens is 1. The number of nitrogens with one attached hydrogen (secondary N) is 2. The summed E-state index contributed by atoms with van der Waals surface area (Å²) >= 11 is 0. The summed E-state index contributed by atoms with van der Waals surface area (Å²) in [5.41, 5.74) is 0.691. The van der Waals surface area contributed by atoms with Crippen molar-refractivity contribution in [1.29, 1.82) is 0 Å². The molecule has 0 spiro atoms. The molecule has 1 aliphatic rings. The number of rotatable bonds is 9. The van der Waals surface area contributed by atoms with Crippen LogP contribution in [0.4, 0.5) is 14.9 Å². The lowest BCUT2D eigenvalue weighted by Crippen LogP contribution is -2.30. The Morgan fingerprint density at radius 1 is 1.08 bits per heavy atom. The van der Waals surface area contributed by atoms with Gasteiger partial charge in [0.15, 0.2) is 18.1 Å². The molecule has 3 aromatic rings. The van der Waals surface area contributed by atoms with Crippen LogP contribution in [0.3, 0.4) is 0 Å².